The molecular formula is C15H24N3O6S2+. The van der Waals surface area contributed by atoms with Crippen LogP contribution in [0.4, 0.5) is 5.69 Å². The minimum atomic E-state index is -3.68. The van der Waals surface area contributed by atoms with Gasteiger partial charge < -0.3 is 9.64 Å². The normalized spacial score (nSPS) is 14.9. The lowest BCUT2D eigenvalue weighted by Crippen LogP contribution is -2.41. The number of rotatable bonds is 3. The van der Waals surface area contributed by atoms with Crippen molar-refractivity contribution in [1.82, 2.24) is 0 Å². The molecule has 0 atom stereocenters. The second-order valence-corrected chi connectivity index (χ2v) is 9.01. The van der Waals surface area contributed by atoms with Gasteiger partial charge >= 0.3 is 10.5 Å². The van der Waals surface area contributed by atoms with Crippen LogP contribution < -0.4 is 10.0 Å². The van der Waals surface area contributed by atoms with E-state index in [4.69, 9.17) is 5.14 Å². The SMILES string of the molecule is CC(C)(C)OC=O.NS(=O)(=O)c1ccc(N2CC[N+](=S(=O)=O)CC2)cc1. The van der Waals surface area contributed by atoms with Crippen LogP contribution in [0, 0.1) is 0 Å². The Hall–Kier alpha value is -1.98. The summed E-state index contributed by atoms with van der Waals surface area (Å²) in [4.78, 5) is 11.7. The number of nitrogens with two attached hydrogens (primary N) is 1. The summed E-state index contributed by atoms with van der Waals surface area (Å²) in [6.45, 7) is 7.91. The Morgan fingerprint density at radius 1 is 1.15 bits per heavy atom. The Morgan fingerprint density at radius 2 is 1.65 bits per heavy atom. The third-order valence-corrected chi connectivity index (χ3v) is 5.10. The number of carbonyl (C=O) groups excluding carboxylic acids is 1. The molecule has 0 aliphatic carbocycles. The highest BCUT2D eigenvalue weighted by molar-refractivity contribution is 7.89. The molecule has 1 aromatic carbocycles. The highest BCUT2D eigenvalue weighted by atomic mass is 32.2. The first kappa shape index (κ1) is 22.1. The van der Waals surface area contributed by atoms with Gasteiger partial charge in [-0.3, -0.25) is 4.79 Å². The van der Waals surface area contributed by atoms with Gasteiger partial charge in [-0.2, -0.15) is 0 Å². The average Bonchev–Trinajstić information content (AvgIpc) is 2.54. The van der Waals surface area contributed by atoms with Crippen molar-refractivity contribution in [3.63, 3.8) is 0 Å². The van der Waals surface area contributed by atoms with Gasteiger partial charge in [0.15, 0.2) is 13.1 Å². The van der Waals surface area contributed by atoms with Crippen LogP contribution in [0.3, 0.4) is 0 Å². The summed E-state index contributed by atoms with van der Waals surface area (Å²) in [7, 11) is -5.86. The number of ether oxygens (including phenoxy) is 1. The Balaban J connectivity index is 0.000000412. The van der Waals surface area contributed by atoms with Gasteiger partial charge in [-0.15, -0.1) is 12.4 Å². The van der Waals surface area contributed by atoms with Crippen LogP contribution in [-0.2, 0) is 30.1 Å². The Morgan fingerprint density at radius 3 is 1.96 bits per heavy atom. The van der Waals surface area contributed by atoms with Crippen LogP contribution in [0.1, 0.15) is 20.8 Å². The van der Waals surface area contributed by atoms with E-state index in [2.05, 4.69) is 4.74 Å². The Bertz CT molecular complexity index is 838. The maximum atomic E-state index is 11.1. The van der Waals surface area contributed by atoms with Gasteiger partial charge in [0.25, 0.3) is 6.47 Å². The maximum Gasteiger partial charge on any atom is 0.459 e. The lowest BCUT2D eigenvalue weighted by molar-refractivity contribution is -0.505. The van der Waals surface area contributed by atoms with Crippen molar-refractivity contribution in [3.8, 4) is 0 Å². The fourth-order valence-electron chi connectivity index (χ4n) is 2.09. The third-order valence-electron chi connectivity index (χ3n) is 3.38. The van der Waals surface area contributed by atoms with Crippen molar-refractivity contribution in [2.24, 2.45) is 5.14 Å². The van der Waals surface area contributed by atoms with Crippen molar-refractivity contribution >= 4 is 32.7 Å². The van der Waals surface area contributed by atoms with Crippen LogP contribution in [0.5, 0.6) is 0 Å². The molecule has 1 heterocycles. The molecule has 0 amide bonds. The quantitative estimate of drug-likeness (QED) is 0.560. The standard InChI is InChI=1S/C10H14N3O4S2.C5H10O2/c11-19(16,17)10-3-1-9(2-4-10)12-5-7-13(8-6-12)18(14)15;1-5(2,3)7-4-6/h1-4H,5-8H2,(H2,11,16,17);4H,1-3H3/q+1;. The number of carbonyl (C=O) groups is 1. The molecule has 2 N–H and O–H groups in total. The van der Waals surface area contributed by atoms with E-state index in [0.29, 0.717) is 32.7 Å². The van der Waals surface area contributed by atoms with Gasteiger partial charge in [0.05, 0.1) is 18.0 Å². The van der Waals surface area contributed by atoms with Gasteiger partial charge in [-0.1, -0.05) is 0 Å². The summed E-state index contributed by atoms with van der Waals surface area (Å²) >= 11 is 0. The van der Waals surface area contributed by atoms with Gasteiger partial charge in [-0.05, 0) is 45.0 Å². The fraction of sp³-hybridized carbons (Fsp3) is 0.533. The molecule has 1 aliphatic rings. The summed E-state index contributed by atoms with van der Waals surface area (Å²) in [5.41, 5.74) is 0.533. The topological polar surface area (TPSA) is 127 Å². The molecule has 26 heavy (non-hydrogen) atoms. The van der Waals surface area contributed by atoms with E-state index >= 15 is 0 Å². The minimum Gasteiger partial charge on any atom is -0.462 e. The maximum absolute atomic E-state index is 11.1. The molecule has 0 spiro atoms. The molecule has 1 aliphatic heterocycles. The van der Waals surface area contributed by atoms with Crippen LogP contribution in [0.25, 0.3) is 0 Å². The number of anilines is 1. The Kier molecular flexibility index (Phi) is 7.72. The van der Waals surface area contributed by atoms with E-state index in [1.165, 1.54) is 16.1 Å². The summed E-state index contributed by atoms with van der Waals surface area (Å²) in [6, 6.07) is 6.23. The van der Waals surface area contributed by atoms with E-state index < -0.39 is 20.5 Å². The van der Waals surface area contributed by atoms with Crippen LogP contribution in [-0.4, -0.2) is 59.0 Å². The smallest absolute Gasteiger partial charge is 0.459 e. The van der Waals surface area contributed by atoms with Crippen LogP contribution >= 0.6 is 0 Å². The van der Waals surface area contributed by atoms with Gasteiger partial charge in [0, 0.05) is 5.69 Å². The molecule has 1 fully saturated rings. The highest BCUT2D eigenvalue weighted by Crippen LogP contribution is 2.18. The summed E-state index contributed by atoms with van der Waals surface area (Å²) in [5, 5.41) is 5.02. The first-order chi connectivity index (χ1) is 11.9. The number of hydrogen-bond acceptors (Lipinski definition) is 7. The third kappa shape index (κ3) is 7.50. The molecule has 11 heteroatoms. The van der Waals surface area contributed by atoms with E-state index in [9.17, 15) is 21.6 Å². The molecule has 1 saturated heterocycles. The zero-order valence-corrected chi connectivity index (χ0v) is 16.6. The fourth-order valence-corrected chi connectivity index (χ4v) is 3.06. The highest BCUT2D eigenvalue weighted by Gasteiger charge is 2.21. The van der Waals surface area contributed by atoms with E-state index in [0.717, 1.165) is 5.69 Å². The molecule has 0 saturated carbocycles. The number of piperazine rings is 1. The number of primary sulfonamides is 1. The predicted molar refractivity (Wildman–Crippen MR) is 95.8 cm³/mol. The summed E-state index contributed by atoms with van der Waals surface area (Å²) in [6.07, 6.45) is 0. The van der Waals surface area contributed by atoms with Crippen molar-refractivity contribution in [3.05, 3.63) is 24.3 Å². The number of benzene rings is 1. The molecule has 0 aromatic heterocycles. The molecule has 0 bridgehead atoms. The second kappa shape index (κ2) is 9.10. The van der Waals surface area contributed by atoms with Crippen molar-refractivity contribution < 1.29 is 30.3 Å². The minimum absolute atomic E-state index is 0.0653. The zero-order chi connectivity index (χ0) is 20.0. The molecule has 0 radical (unpaired) electrons. The number of sulfonamides is 1. The molecular weight excluding hydrogens is 382 g/mol. The van der Waals surface area contributed by atoms with E-state index in [-0.39, 0.29) is 10.5 Å². The molecule has 1 aromatic rings. The van der Waals surface area contributed by atoms with Gasteiger partial charge in [-0.25, -0.2) is 13.6 Å². The summed E-state index contributed by atoms with van der Waals surface area (Å²) < 4.78 is 49.7. The molecule has 0 unspecified atom stereocenters. The van der Waals surface area contributed by atoms with E-state index in [1.807, 2.05) is 25.7 Å². The zero-order valence-electron chi connectivity index (χ0n) is 15.0. The van der Waals surface area contributed by atoms with Crippen LogP contribution in [0.2, 0.25) is 0 Å². The van der Waals surface area contributed by atoms with Crippen molar-refractivity contribution in [2.75, 3.05) is 31.1 Å². The lowest BCUT2D eigenvalue weighted by atomic mass is 10.2. The van der Waals surface area contributed by atoms with E-state index in [1.54, 1.807) is 12.1 Å². The lowest BCUT2D eigenvalue weighted by Gasteiger charge is -2.25. The first-order valence-corrected chi connectivity index (χ1v) is 10.4. The van der Waals surface area contributed by atoms with Crippen molar-refractivity contribution in [2.45, 2.75) is 31.3 Å². The number of nitrogens with zero attached hydrogens (tertiary/aromatic N) is 2. The molecule has 9 nitrogen and oxygen atoms in total. The molecule has 146 valence electrons. The van der Waals surface area contributed by atoms with Crippen molar-refractivity contribution in [1.29, 1.82) is 0 Å². The van der Waals surface area contributed by atoms with Gasteiger partial charge in [0.1, 0.15) is 5.60 Å². The largest absolute Gasteiger partial charge is 0.462 e. The molecule has 2 rings (SSSR count). The Labute approximate surface area is 155 Å². The second-order valence-electron chi connectivity index (χ2n) is 6.50. The predicted octanol–water partition coefficient (Wildman–Crippen LogP) is 0.187. The monoisotopic (exact) mass is 406 g/mol. The average molecular weight is 407 g/mol. The summed E-state index contributed by atoms with van der Waals surface area (Å²) in [5.74, 6) is 0. The first-order valence-electron chi connectivity index (χ1n) is 7.77. The van der Waals surface area contributed by atoms with Crippen LogP contribution in [0.15, 0.2) is 29.2 Å². The van der Waals surface area contributed by atoms with Gasteiger partial charge in [0.2, 0.25) is 10.0 Å². The number of hydrogen-bond donors (Lipinski definition) is 1.